The van der Waals surface area contributed by atoms with E-state index in [0.717, 1.165) is 42.3 Å². The van der Waals surface area contributed by atoms with Crippen molar-refractivity contribution in [1.29, 1.82) is 0 Å². The van der Waals surface area contributed by atoms with Gasteiger partial charge in [0.05, 0.1) is 10.2 Å². The van der Waals surface area contributed by atoms with Crippen LogP contribution < -0.4 is 5.32 Å². The molecule has 3 heterocycles. The number of aromatic nitrogens is 2. The van der Waals surface area contributed by atoms with Crippen LogP contribution in [0.3, 0.4) is 0 Å². The quantitative estimate of drug-likeness (QED) is 0.594. The van der Waals surface area contributed by atoms with Gasteiger partial charge in [-0.15, -0.1) is 0 Å². The van der Waals surface area contributed by atoms with E-state index in [1.807, 2.05) is 6.07 Å². The van der Waals surface area contributed by atoms with E-state index < -0.39 is 10.0 Å². The summed E-state index contributed by atoms with van der Waals surface area (Å²) in [6.45, 7) is 3.24. The lowest BCUT2D eigenvalue weighted by Gasteiger charge is -2.13. The Kier molecular flexibility index (Phi) is 5.95. The highest BCUT2D eigenvalue weighted by atomic mass is 32.2. The second kappa shape index (κ2) is 8.49. The van der Waals surface area contributed by atoms with Crippen molar-refractivity contribution >= 4 is 42.6 Å². The first-order valence-electron chi connectivity index (χ1n) is 10.3. The number of hydrogen-bond acceptors (Lipinski definition) is 5. The van der Waals surface area contributed by atoms with Gasteiger partial charge in [0, 0.05) is 26.3 Å². The fourth-order valence-electron chi connectivity index (χ4n) is 3.70. The van der Waals surface area contributed by atoms with Gasteiger partial charge in [0.1, 0.15) is 10.6 Å². The molecule has 0 saturated carbocycles. The van der Waals surface area contributed by atoms with Crippen molar-refractivity contribution in [1.82, 2.24) is 13.9 Å². The van der Waals surface area contributed by atoms with Crippen molar-refractivity contribution in [3.05, 3.63) is 41.7 Å². The SMILES string of the molecule is CCCCc1ccc2nc(NC(=O)c3cc(S(=O)(=O)N4CCCC4)cn3C)sc2c1. The number of sulfonamides is 1. The highest BCUT2D eigenvalue weighted by molar-refractivity contribution is 7.89. The van der Waals surface area contributed by atoms with E-state index >= 15 is 0 Å². The van der Waals surface area contributed by atoms with E-state index in [2.05, 4.69) is 29.4 Å². The number of benzene rings is 1. The Bertz CT molecular complexity index is 1170. The number of rotatable bonds is 7. The molecule has 1 aromatic carbocycles. The Morgan fingerprint density at radius 1 is 1.23 bits per heavy atom. The average molecular weight is 447 g/mol. The Balaban J connectivity index is 1.53. The molecule has 1 fully saturated rings. The van der Waals surface area contributed by atoms with Crippen LogP contribution in [0.15, 0.2) is 35.4 Å². The van der Waals surface area contributed by atoms with Gasteiger partial charge in [-0.25, -0.2) is 13.4 Å². The molecule has 1 aliphatic rings. The number of nitrogens with zero attached hydrogens (tertiary/aromatic N) is 3. The minimum absolute atomic E-state index is 0.155. The van der Waals surface area contributed by atoms with E-state index in [0.29, 0.717) is 18.2 Å². The number of thiazole rings is 1. The molecule has 2 aromatic heterocycles. The Morgan fingerprint density at radius 3 is 2.73 bits per heavy atom. The van der Waals surface area contributed by atoms with Crippen LogP contribution in [0, 0.1) is 0 Å². The smallest absolute Gasteiger partial charge is 0.274 e. The lowest BCUT2D eigenvalue weighted by atomic mass is 10.1. The number of anilines is 1. The van der Waals surface area contributed by atoms with Crippen molar-refractivity contribution < 1.29 is 13.2 Å². The summed E-state index contributed by atoms with van der Waals surface area (Å²) in [7, 11) is -1.88. The fourth-order valence-corrected chi connectivity index (χ4v) is 6.21. The summed E-state index contributed by atoms with van der Waals surface area (Å²) in [4.78, 5) is 17.5. The van der Waals surface area contributed by atoms with E-state index in [9.17, 15) is 13.2 Å². The molecule has 0 unspecified atom stereocenters. The van der Waals surface area contributed by atoms with Crippen LogP contribution in [-0.2, 0) is 23.5 Å². The third-order valence-corrected chi connectivity index (χ3v) is 8.21. The third kappa shape index (κ3) is 4.14. The predicted octanol–water partition coefficient (Wildman–Crippen LogP) is 4.01. The zero-order valence-electron chi connectivity index (χ0n) is 17.2. The van der Waals surface area contributed by atoms with Gasteiger partial charge in [-0.1, -0.05) is 30.7 Å². The number of hydrogen-bond donors (Lipinski definition) is 1. The van der Waals surface area contributed by atoms with Crippen molar-refractivity contribution in [2.75, 3.05) is 18.4 Å². The molecule has 0 atom stereocenters. The Morgan fingerprint density at radius 2 is 2.00 bits per heavy atom. The molecule has 160 valence electrons. The summed E-state index contributed by atoms with van der Waals surface area (Å²) in [5, 5.41) is 3.33. The van der Waals surface area contributed by atoms with Crippen molar-refractivity contribution in [2.45, 2.75) is 43.9 Å². The van der Waals surface area contributed by atoms with Gasteiger partial charge in [0.25, 0.3) is 5.91 Å². The first-order valence-corrected chi connectivity index (χ1v) is 12.5. The summed E-state index contributed by atoms with van der Waals surface area (Å²) >= 11 is 1.43. The molecule has 30 heavy (non-hydrogen) atoms. The molecule has 4 rings (SSSR count). The van der Waals surface area contributed by atoms with Crippen molar-refractivity contribution in [3.8, 4) is 0 Å². The molecule has 0 bridgehead atoms. The molecule has 0 radical (unpaired) electrons. The van der Waals surface area contributed by atoms with Gasteiger partial charge < -0.3 is 4.57 Å². The molecule has 1 N–H and O–H groups in total. The molecular formula is C21H26N4O3S2. The fraction of sp³-hybridized carbons (Fsp3) is 0.429. The van der Waals surface area contributed by atoms with Crippen LogP contribution in [0.5, 0.6) is 0 Å². The maximum Gasteiger partial charge on any atom is 0.274 e. The largest absolute Gasteiger partial charge is 0.345 e. The van der Waals surface area contributed by atoms with Gasteiger partial charge in [-0.3, -0.25) is 10.1 Å². The molecular weight excluding hydrogens is 420 g/mol. The number of carbonyl (C=O) groups excluding carboxylic acids is 1. The van der Waals surface area contributed by atoms with Gasteiger partial charge in [0.2, 0.25) is 10.0 Å². The monoisotopic (exact) mass is 446 g/mol. The highest BCUT2D eigenvalue weighted by Crippen LogP contribution is 2.28. The number of nitrogens with one attached hydrogen (secondary N) is 1. The first kappa shape index (κ1) is 21.0. The molecule has 0 spiro atoms. The van der Waals surface area contributed by atoms with Crippen LogP contribution >= 0.6 is 11.3 Å². The van der Waals surface area contributed by atoms with E-state index in [-0.39, 0.29) is 16.5 Å². The van der Waals surface area contributed by atoms with Crippen LogP contribution in [0.25, 0.3) is 10.2 Å². The molecule has 3 aromatic rings. The first-order chi connectivity index (χ1) is 14.4. The zero-order chi connectivity index (χ0) is 21.3. The predicted molar refractivity (Wildman–Crippen MR) is 120 cm³/mol. The minimum atomic E-state index is -3.56. The van der Waals surface area contributed by atoms with Gasteiger partial charge in [-0.2, -0.15) is 4.31 Å². The average Bonchev–Trinajstić information content (AvgIpc) is 3.45. The van der Waals surface area contributed by atoms with Crippen LogP contribution in [0.1, 0.15) is 48.7 Å². The molecule has 9 heteroatoms. The lowest BCUT2D eigenvalue weighted by Crippen LogP contribution is -2.27. The number of amides is 1. The van der Waals surface area contributed by atoms with E-state index in [1.54, 1.807) is 11.6 Å². The van der Waals surface area contributed by atoms with Gasteiger partial charge in [0.15, 0.2) is 5.13 Å². The number of fused-ring (bicyclic) bond motifs is 1. The molecule has 7 nitrogen and oxygen atoms in total. The van der Waals surface area contributed by atoms with E-state index in [4.69, 9.17) is 0 Å². The summed E-state index contributed by atoms with van der Waals surface area (Å²) in [5.74, 6) is -0.370. The van der Waals surface area contributed by atoms with Crippen LogP contribution in [0.4, 0.5) is 5.13 Å². The summed E-state index contributed by atoms with van der Waals surface area (Å²) in [6.07, 6.45) is 6.57. The topological polar surface area (TPSA) is 84.3 Å². The van der Waals surface area contributed by atoms with Crippen molar-refractivity contribution in [2.24, 2.45) is 7.05 Å². The second-order valence-electron chi connectivity index (χ2n) is 7.66. The lowest BCUT2D eigenvalue weighted by molar-refractivity contribution is 0.101. The Labute approximate surface area is 180 Å². The van der Waals surface area contributed by atoms with Crippen LogP contribution in [-0.4, -0.2) is 41.3 Å². The number of unbranched alkanes of at least 4 members (excludes halogenated alkanes) is 1. The summed E-state index contributed by atoms with van der Waals surface area (Å²) in [5.41, 5.74) is 2.40. The Hall–Kier alpha value is -2.23. The van der Waals surface area contributed by atoms with Crippen molar-refractivity contribution in [3.63, 3.8) is 0 Å². The minimum Gasteiger partial charge on any atom is -0.345 e. The maximum atomic E-state index is 12.8. The number of aryl methyl sites for hydroxylation is 2. The van der Waals surface area contributed by atoms with E-state index in [1.165, 1.54) is 33.5 Å². The number of carbonyl (C=O) groups is 1. The van der Waals surface area contributed by atoms with Gasteiger partial charge in [-0.05, 0) is 49.4 Å². The third-order valence-electron chi connectivity index (χ3n) is 5.41. The second-order valence-corrected chi connectivity index (χ2v) is 10.6. The normalized spacial score (nSPS) is 15.1. The molecule has 1 amide bonds. The molecule has 1 aliphatic heterocycles. The summed E-state index contributed by atoms with van der Waals surface area (Å²) < 4.78 is 29.6. The van der Waals surface area contributed by atoms with Gasteiger partial charge >= 0.3 is 0 Å². The standard InChI is InChI=1S/C21H26N4O3S2/c1-3-4-7-15-8-9-17-19(12-15)29-21(22-17)23-20(26)18-13-16(14-24(18)2)30(27,28)25-10-5-6-11-25/h8-9,12-14H,3-7,10-11H2,1-2H3,(H,22,23,26). The van der Waals surface area contributed by atoms with Crippen LogP contribution in [0.2, 0.25) is 0 Å². The maximum absolute atomic E-state index is 12.8. The highest BCUT2D eigenvalue weighted by Gasteiger charge is 2.29. The molecule has 0 aliphatic carbocycles. The summed E-state index contributed by atoms with van der Waals surface area (Å²) in [6, 6.07) is 7.63. The zero-order valence-corrected chi connectivity index (χ0v) is 18.9. The molecule has 1 saturated heterocycles.